The summed E-state index contributed by atoms with van der Waals surface area (Å²) >= 11 is 0. The number of guanidine groups is 1. The molecular weight excluding hydrogens is 354 g/mol. The van der Waals surface area contributed by atoms with Crippen molar-refractivity contribution in [3.05, 3.63) is 23.8 Å². The van der Waals surface area contributed by atoms with Crippen LogP contribution in [0.1, 0.15) is 52.1 Å². The minimum absolute atomic E-state index is 0.0114. The topological polar surface area (TPSA) is 64.1 Å². The summed E-state index contributed by atoms with van der Waals surface area (Å²) in [5.41, 5.74) is 1.16. The molecule has 6 heteroatoms. The molecule has 3 unspecified atom stereocenters. The Bertz CT molecular complexity index is 655. The Kier molecular flexibility index (Phi) is 7.98. The number of methoxy groups -OCH3 is 2. The smallest absolute Gasteiger partial charge is 0.191 e. The Labute approximate surface area is 170 Å². The second kappa shape index (κ2) is 10.0. The van der Waals surface area contributed by atoms with Crippen LogP contribution in [0.3, 0.4) is 0 Å². The monoisotopic (exact) mass is 391 g/mol. The maximum absolute atomic E-state index is 6.10. The first-order valence-corrected chi connectivity index (χ1v) is 10.1. The molecule has 158 valence electrons. The number of nitrogens with one attached hydrogen (secondary N) is 2. The van der Waals surface area contributed by atoms with Gasteiger partial charge in [-0.1, -0.05) is 20.8 Å². The van der Waals surface area contributed by atoms with Crippen molar-refractivity contribution in [3.63, 3.8) is 0 Å². The van der Waals surface area contributed by atoms with E-state index in [1.54, 1.807) is 21.3 Å². The standard InChI is InChI=1S/C22H37N3O3/c1-15(18-13-17(26-6)10-11-19(18)27-7)25-21(23-5)24-14-16-9-8-12-28-20(16)22(2,3)4/h10-11,13,15-16,20H,8-9,12,14H2,1-7H3,(H2,23,24,25). The lowest BCUT2D eigenvalue weighted by Gasteiger charge is -2.40. The van der Waals surface area contributed by atoms with E-state index in [4.69, 9.17) is 14.2 Å². The van der Waals surface area contributed by atoms with Crippen molar-refractivity contribution in [2.75, 3.05) is 34.4 Å². The van der Waals surface area contributed by atoms with Crippen LogP contribution in [0.5, 0.6) is 11.5 Å². The van der Waals surface area contributed by atoms with Crippen LogP contribution in [0.15, 0.2) is 23.2 Å². The molecule has 3 atom stereocenters. The van der Waals surface area contributed by atoms with E-state index in [1.807, 2.05) is 18.2 Å². The van der Waals surface area contributed by atoms with Gasteiger partial charge in [0.25, 0.3) is 0 Å². The van der Waals surface area contributed by atoms with Crippen LogP contribution in [0.2, 0.25) is 0 Å². The van der Waals surface area contributed by atoms with Gasteiger partial charge in [-0.3, -0.25) is 4.99 Å². The van der Waals surface area contributed by atoms with Crippen LogP contribution >= 0.6 is 0 Å². The molecule has 1 aromatic rings. The molecule has 0 radical (unpaired) electrons. The van der Waals surface area contributed by atoms with Crippen LogP contribution in [0, 0.1) is 11.3 Å². The van der Waals surface area contributed by atoms with Crippen molar-refractivity contribution < 1.29 is 14.2 Å². The van der Waals surface area contributed by atoms with Gasteiger partial charge in [0.1, 0.15) is 11.5 Å². The molecule has 1 aliphatic heterocycles. The highest BCUT2D eigenvalue weighted by Crippen LogP contribution is 2.34. The molecule has 0 spiro atoms. The van der Waals surface area contributed by atoms with Gasteiger partial charge in [0.15, 0.2) is 5.96 Å². The summed E-state index contributed by atoms with van der Waals surface area (Å²) in [7, 11) is 5.15. The van der Waals surface area contributed by atoms with E-state index in [9.17, 15) is 0 Å². The van der Waals surface area contributed by atoms with E-state index in [0.717, 1.165) is 42.6 Å². The van der Waals surface area contributed by atoms with Crippen molar-refractivity contribution in [2.45, 2.75) is 52.7 Å². The van der Waals surface area contributed by atoms with E-state index >= 15 is 0 Å². The lowest BCUT2D eigenvalue weighted by atomic mass is 9.78. The fraction of sp³-hybridized carbons (Fsp3) is 0.682. The molecule has 1 fully saturated rings. The van der Waals surface area contributed by atoms with Crippen molar-refractivity contribution in [3.8, 4) is 11.5 Å². The van der Waals surface area contributed by atoms with Crippen LogP contribution in [-0.4, -0.2) is 46.5 Å². The zero-order valence-electron chi connectivity index (χ0n) is 18.5. The highest BCUT2D eigenvalue weighted by atomic mass is 16.5. The van der Waals surface area contributed by atoms with Crippen LogP contribution < -0.4 is 20.1 Å². The molecule has 1 saturated heterocycles. The van der Waals surface area contributed by atoms with Gasteiger partial charge in [-0.2, -0.15) is 0 Å². The Morgan fingerprint density at radius 1 is 1.29 bits per heavy atom. The molecule has 1 aromatic carbocycles. The van der Waals surface area contributed by atoms with Gasteiger partial charge in [-0.05, 0) is 43.4 Å². The summed E-state index contributed by atoms with van der Waals surface area (Å²) < 4.78 is 17.0. The first-order chi connectivity index (χ1) is 13.3. The number of rotatable bonds is 6. The second-order valence-electron chi connectivity index (χ2n) is 8.49. The van der Waals surface area contributed by atoms with Gasteiger partial charge < -0.3 is 24.8 Å². The summed E-state index contributed by atoms with van der Waals surface area (Å²) in [6.45, 7) is 10.5. The zero-order chi connectivity index (χ0) is 20.7. The Morgan fingerprint density at radius 3 is 2.64 bits per heavy atom. The first kappa shape index (κ1) is 22.3. The van der Waals surface area contributed by atoms with Crippen LogP contribution in [0.25, 0.3) is 0 Å². The van der Waals surface area contributed by atoms with E-state index in [2.05, 4.69) is 43.3 Å². The van der Waals surface area contributed by atoms with E-state index < -0.39 is 0 Å². The molecule has 1 heterocycles. The van der Waals surface area contributed by atoms with Gasteiger partial charge in [0.2, 0.25) is 0 Å². The number of nitrogens with zero attached hydrogens (tertiary/aromatic N) is 1. The molecule has 6 nitrogen and oxygen atoms in total. The van der Waals surface area contributed by atoms with Crippen LogP contribution in [0.4, 0.5) is 0 Å². The van der Waals surface area contributed by atoms with E-state index in [1.165, 1.54) is 6.42 Å². The quantitative estimate of drug-likeness (QED) is 0.571. The Balaban J connectivity index is 2.02. The van der Waals surface area contributed by atoms with Gasteiger partial charge >= 0.3 is 0 Å². The molecular formula is C22H37N3O3. The lowest BCUT2D eigenvalue weighted by molar-refractivity contribution is -0.0835. The molecule has 28 heavy (non-hydrogen) atoms. The second-order valence-corrected chi connectivity index (χ2v) is 8.49. The van der Waals surface area contributed by atoms with E-state index in [-0.39, 0.29) is 17.6 Å². The molecule has 1 aliphatic rings. The minimum atomic E-state index is 0.0114. The number of hydrogen-bond donors (Lipinski definition) is 2. The molecule has 0 bridgehead atoms. The molecule has 0 aliphatic carbocycles. The highest BCUT2D eigenvalue weighted by Gasteiger charge is 2.35. The fourth-order valence-electron chi connectivity index (χ4n) is 3.89. The minimum Gasteiger partial charge on any atom is -0.497 e. The summed E-state index contributed by atoms with van der Waals surface area (Å²) in [4.78, 5) is 4.40. The fourth-order valence-corrected chi connectivity index (χ4v) is 3.89. The number of hydrogen-bond acceptors (Lipinski definition) is 4. The largest absolute Gasteiger partial charge is 0.497 e. The van der Waals surface area contributed by atoms with E-state index in [0.29, 0.717) is 5.92 Å². The molecule has 0 amide bonds. The summed E-state index contributed by atoms with van der Waals surface area (Å²) in [5.74, 6) is 2.87. The van der Waals surface area contributed by atoms with Crippen molar-refractivity contribution in [1.82, 2.24) is 10.6 Å². The SMILES string of the molecule is CN=C(NCC1CCCOC1C(C)(C)C)NC(C)c1cc(OC)ccc1OC. The average Bonchev–Trinajstić information content (AvgIpc) is 2.69. The summed E-state index contributed by atoms with van der Waals surface area (Å²) in [6, 6.07) is 5.83. The number of ether oxygens (including phenoxy) is 3. The zero-order valence-corrected chi connectivity index (χ0v) is 18.5. The summed E-state index contributed by atoms with van der Waals surface area (Å²) in [6.07, 6.45) is 2.54. The van der Waals surface area contributed by atoms with Gasteiger partial charge in [0.05, 0.1) is 26.4 Å². The van der Waals surface area contributed by atoms with Crippen molar-refractivity contribution in [1.29, 1.82) is 0 Å². The maximum atomic E-state index is 6.10. The number of aliphatic imine (C=N–C) groups is 1. The third kappa shape index (κ3) is 5.77. The third-order valence-corrected chi connectivity index (χ3v) is 5.31. The predicted molar refractivity (Wildman–Crippen MR) is 114 cm³/mol. The van der Waals surface area contributed by atoms with Crippen molar-refractivity contribution in [2.24, 2.45) is 16.3 Å². The molecule has 2 rings (SSSR count). The normalized spacial score (nSPS) is 21.8. The van der Waals surface area contributed by atoms with Gasteiger partial charge in [-0.15, -0.1) is 0 Å². The first-order valence-electron chi connectivity index (χ1n) is 10.1. The molecule has 0 aromatic heterocycles. The average molecular weight is 392 g/mol. The lowest BCUT2D eigenvalue weighted by Crippen LogP contribution is -2.47. The molecule has 0 saturated carbocycles. The van der Waals surface area contributed by atoms with Gasteiger partial charge in [0, 0.05) is 31.7 Å². The highest BCUT2D eigenvalue weighted by molar-refractivity contribution is 5.80. The van der Waals surface area contributed by atoms with Crippen molar-refractivity contribution >= 4 is 5.96 Å². The Morgan fingerprint density at radius 2 is 2.04 bits per heavy atom. The van der Waals surface area contributed by atoms with Gasteiger partial charge in [-0.25, -0.2) is 0 Å². The number of benzene rings is 1. The Hall–Kier alpha value is -1.95. The van der Waals surface area contributed by atoms with Crippen LogP contribution in [-0.2, 0) is 4.74 Å². The maximum Gasteiger partial charge on any atom is 0.191 e. The summed E-state index contributed by atoms with van der Waals surface area (Å²) in [5, 5.41) is 6.96. The molecule has 2 N–H and O–H groups in total. The third-order valence-electron chi connectivity index (χ3n) is 5.31. The predicted octanol–water partition coefficient (Wildman–Crippen LogP) is 3.77.